The number of carbonyl (C=O) groups is 2. The zero-order chi connectivity index (χ0) is 27.4. The highest BCUT2D eigenvalue weighted by Gasteiger charge is 2.36. The number of carbonyl (C=O) groups excluding carboxylic acids is 2. The maximum absolute atomic E-state index is 13.3. The first-order chi connectivity index (χ1) is 19.0. The molecule has 1 saturated carbocycles. The van der Waals surface area contributed by atoms with E-state index in [2.05, 4.69) is 15.1 Å². The van der Waals surface area contributed by atoms with Crippen LogP contribution in [-0.2, 0) is 4.79 Å². The summed E-state index contributed by atoms with van der Waals surface area (Å²) in [6, 6.07) is 17.3. The van der Waals surface area contributed by atoms with Crippen LogP contribution in [0.2, 0.25) is 0 Å². The Morgan fingerprint density at radius 3 is 2.41 bits per heavy atom. The fraction of sp³-hybridized carbons (Fsp3) is 0.400. The zero-order valence-electron chi connectivity index (χ0n) is 22.8. The van der Waals surface area contributed by atoms with Gasteiger partial charge in [-0.3, -0.25) is 9.59 Å². The summed E-state index contributed by atoms with van der Waals surface area (Å²) in [6.45, 7) is 4.73. The minimum absolute atomic E-state index is 0.000527. The van der Waals surface area contributed by atoms with Crippen molar-refractivity contribution in [1.82, 2.24) is 20.0 Å². The Morgan fingerprint density at radius 2 is 1.72 bits per heavy atom. The molecule has 2 heterocycles. The Kier molecular flexibility index (Phi) is 7.95. The normalized spacial score (nSPS) is 15.5. The number of ether oxygens (including phenoxy) is 2. The van der Waals surface area contributed by atoms with E-state index >= 15 is 0 Å². The molecule has 2 fully saturated rings. The van der Waals surface area contributed by atoms with Crippen molar-refractivity contribution in [2.45, 2.75) is 32.2 Å². The van der Waals surface area contributed by atoms with E-state index in [0.29, 0.717) is 36.7 Å². The molecule has 1 aliphatic carbocycles. The molecule has 2 aliphatic rings. The third-order valence-corrected chi connectivity index (χ3v) is 7.43. The predicted octanol–water partition coefficient (Wildman–Crippen LogP) is 3.81. The topological polar surface area (TPSA) is 88.1 Å². The molecule has 1 aromatic heterocycles. The average Bonchev–Trinajstić information content (AvgIpc) is 3.83. The monoisotopic (exact) mass is 529 g/mol. The van der Waals surface area contributed by atoms with Gasteiger partial charge >= 0.3 is 0 Å². The van der Waals surface area contributed by atoms with Gasteiger partial charge in [0.05, 0.1) is 19.9 Å². The van der Waals surface area contributed by atoms with Crippen molar-refractivity contribution in [2.75, 3.05) is 51.8 Å². The number of aromatic nitrogens is 2. The highest BCUT2D eigenvalue weighted by Crippen LogP contribution is 2.32. The Morgan fingerprint density at radius 1 is 0.923 bits per heavy atom. The quantitative estimate of drug-likeness (QED) is 0.439. The summed E-state index contributed by atoms with van der Waals surface area (Å²) in [5.41, 5.74) is 3.24. The molecule has 3 aromatic rings. The van der Waals surface area contributed by atoms with Gasteiger partial charge in [0, 0.05) is 43.3 Å². The second kappa shape index (κ2) is 11.7. The maximum atomic E-state index is 13.3. The van der Waals surface area contributed by atoms with E-state index in [-0.39, 0.29) is 24.4 Å². The average molecular weight is 530 g/mol. The van der Waals surface area contributed by atoms with E-state index < -0.39 is 0 Å². The van der Waals surface area contributed by atoms with Crippen molar-refractivity contribution in [3.8, 4) is 22.8 Å². The van der Waals surface area contributed by atoms with Gasteiger partial charge in [-0.15, -0.1) is 10.2 Å². The SMILES string of the molecule is COc1ccc(-c2ccc(N3CCCN(C(=O)CN(C(=O)c4ccccc4C)C4CC4)CC3)nn2)cc1OC. The number of amides is 2. The van der Waals surface area contributed by atoms with Crippen LogP contribution in [-0.4, -0.2) is 84.8 Å². The van der Waals surface area contributed by atoms with Crippen molar-refractivity contribution in [1.29, 1.82) is 0 Å². The molecule has 0 spiro atoms. The molecule has 5 rings (SSSR count). The van der Waals surface area contributed by atoms with Crippen molar-refractivity contribution < 1.29 is 19.1 Å². The Hall–Kier alpha value is -4.14. The molecule has 39 heavy (non-hydrogen) atoms. The van der Waals surface area contributed by atoms with Gasteiger partial charge in [0.15, 0.2) is 17.3 Å². The molecule has 0 radical (unpaired) electrons. The van der Waals surface area contributed by atoms with Crippen LogP contribution in [0.5, 0.6) is 11.5 Å². The van der Waals surface area contributed by atoms with Crippen LogP contribution in [0.1, 0.15) is 35.2 Å². The lowest BCUT2D eigenvalue weighted by atomic mass is 10.1. The van der Waals surface area contributed by atoms with Crippen LogP contribution in [0.25, 0.3) is 11.3 Å². The molecule has 2 amide bonds. The molecule has 9 heteroatoms. The maximum Gasteiger partial charge on any atom is 0.254 e. The Labute approximate surface area is 229 Å². The number of anilines is 1. The van der Waals surface area contributed by atoms with E-state index in [4.69, 9.17) is 9.47 Å². The summed E-state index contributed by atoms with van der Waals surface area (Å²) in [7, 11) is 3.21. The molecular weight excluding hydrogens is 494 g/mol. The number of methoxy groups -OCH3 is 2. The molecule has 0 atom stereocenters. The van der Waals surface area contributed by atoms with Crippen LogP contribution < -0.4 is 14.4 Å². The minimum atomic E-state index is -0.0507. The summed E-state index contributed by atoms with van der Waals surface area (Å²) in [4.78, 5) is 32.4. The number of hydrogen-bond acceptors (Lipinski definition) is 7. The van der Waals surface area contributed by atoms with Gasteiger partial charge in [0.2, 0.25) is 5.91 Å². The molecule has 1 aliphatic heterocycles. The summed E-state index contributed by atoms with van der Waals surface area (Å²) in [6.07, 6.45) is 2.73. The number of nitrogens with zero attached hydrogens (tertiary/aromatic N) is 5. The Balaban J connectivity index is 1.21. The van der Waals surface area contributed by atoms with Crippen LogP contribution in [0.3, 0.4) is 0 Å². The second-order valence-corrected chi connectivity index (χ2v) is 10.0. The second-order valence-electron chi connectivity index (χ2n) is 10.0. The first-order valence-corrected chi connectivity index (χ1v) is 13.4. The van der Waals surface area contributed by atoms with Crippen LogP contribution in [0.15, 0.2) is 54.6 Å². The fourth-order valence-electron chi connectivity index (χ4n) is 5.01. The first-order valence-electron chi connectivity index (χ1n) is 13.4. The largest absolute Gasteiger partial charge is 0.493 e. The van der Waals surface area contributed by atoms with E-state index in [1.807, 2.05) is 66.4 Å². The zero-order valence-corrected chi connectivity index (χ0v) is 22.8. The highest BCUT2D eigenvalue weighted by molar-refractivity contribution is 5.98. The van der Waals surface area contributed by atoms with Crippen molar-refractivity contribution in [3.05, 3.63) is 65.7 Å². The molecular formula is C30H35N5O4. The smallest absolute Gasteiger partial charge is 0.254 e. The predicted molar refractivity (Wildman–Crippen MR) is 149 cm³/mol. The van der Waals surface area contributed by atoms with Gasteiger partial charge < -0.3 is 24.2 Å². The fourth-order valence-corrected chi connectivity index (χ4v) is 5.01. The lowest BCUT2D eigenvalue weighted by Crippen LogP contribution is -2.45. The van der Waals surface area contributed by atoms with E-state index in [9.17, 15) is 9.59 Å². The van der Waals surface area contributed by atoms with Gasteiger partial charge in [-0.25, -0.2) is 0 Å². The number of hydrogen-bond donors (Lipinski definition) is 0. The van der Waals surface area contributed by atoms with Crippen LogP contribution in [0.4, 0.5) is 5.82 Å². The molecule has 0 N–H and O–H groups in total. The lowest BCUT2D eigenvalue weighted by molar-refractivity contribution is -0.131. The lowest BCUT2D eigenvalue weighted by Gasteiger charge is -2.27. The van der Waals surface area contributed by atoms with E-state index in [0.717, 1.165) is 48.4 Å². The number of aryl methyl sites for hydroxylation is 1. The summed E-state index contributed by atoms with van der Waals surface area (Å²) >= 11 is 0. The van der Waals surface area contributed by atoms with Crippen LogP contribution >= 0.6 is 0 Å². The molecule has 0 unspecified atom stereocenters. The van der Waals surface area contributed by atoms with Crippen molar-refractivity contribution in [3.63, 3.8) is 0 Å². The third kappa shape index (κ3) is 5.97. The molecule has 204 valence electrons. The highest BCUT2D eigenvalue weighted by atomic mass is 16.5. The number of benzene rings is 2. The first kappa shape index (κ1) is 26.5. The molecule has 9 nitrogen and oxygen atoms in total. The minimum Gasteiger partial charge on any atom is -0.493 e. The third-order valence-electron chi connectivity index (χ3n) is 7.43. The van der Waals surface area contributed by atoms with Crippen LogP contribution in [0, 0.1) is 6.92 Å². The summed E-state index contributed by atoms with van der Waals surface area (Å²) in [5, 5.41) is 8.93. The summed E-state index contributed by atoms with van der Waals surface area (Å²) < 4.78 is 10.7. The van der Waals surface area contributed by atoms with Gasteiger partial charge in [0.1, 0.15) is 6.54 Å². The van der Waals surface area contributed by atoms with Gasteiger partial charge in [-0.05, 0) is 68.1 Å². The van der Waals surface area contributed by atoms with Crippen molar-refractivity contribution in [2.24, 2.45) is 0 Å². The van der Waals surface area contributed by atoms with Gasteiger partial charge in [-0.1, -0.05) is 18.2 Å². The van der Waals surface area contributed by atoms with E-state index in [1.165, 1.54) is 0 Å². The Bertz CT molecular complexity index is 1330. The van der Waals surface area contributed by atoms with Crippen molar-refractivity contribution >= 4 is 17.6 Å². The molecule has 1 saturated heterocycles. The standard InChI is InChI=1S/C30H35N5O4/c1-21-7-4-5-8-24(21)30(37)35(23-10-11-23)20-29(36)34-16-6-15-33(17-18-34)28-14-12-25(31-32-28)22-9-13-26(38-2)27(19-22)39-3/h4-5,7-9,12-14,19,23H,6,10-11,15-18,20H2,1-3H3. The van der Waals surface area contributed by atoms with Gasteiger partial charge in [-0.2, -0.15) is 0 Å². The molecule has 0 bridgehead atoms. The molecule has 2 aromatic carbocycles. The summed E-state index contributed by atoms with van der Waals surface area (Å²) in [5.74, 6) is 2.03. The number of rotatable bonds is 8. The van der Waals surface area contributed by atoms with E-state index in [1.54, 1.807) is 19.1 Å². The van der Waals surface area contributed by atoms with Gasteiger partial charge in [0.25, 0.3) is 5.91 Å².